The van der Waals surface area contributed by atoms with E-state index in [1.165, 1.54) is 12.1 Å². The lowest BCUT2D eigenvalue weighted by molar-refractivity contribution is -0.142. The molecule has 4 N–H and O–H groups in total. The monoisotopic (exact) mass is 458 g/mol. The van der Waals surface area contributed by atoms with Crippen molar-refractivity contribution < 1.29 is 24.6 Å². The average molecular weight is 459 g/mol. The average Bonchev–Trinajstić information content (AvgIpc) is 2.76. The number of aliphatic carboxylic acids is 1. The van der Waals surface area contributed by atoms with Gasteiger partial charge in [0.1, 0.15) is 17.8 Å². The maximum atomic E-state index is 12.8. The number of amides is 2. The van der Waals surface area contributed by atoms with Gasteiger partial charge >= 0.3 is 5.97 Å². The molecule has 3 atom stereocenters. The van der Waals surface area contributed by atoms with Gasteiger partial charge in [-0.1, -0.05) is 56.3 Å². The van der Waals surface area contributed by atoms with Gasteiger partial charge in [0.2, 0.25) is 11.8 Å². The standard InChI is InChI=1S/C24H30N2O5S/c1-15(2)21(26-22(28)20(32)13-10-16-6-4-3-5-7-16)23(29)25-19(24(30)31)14-17-8-11-18(27)12-9-17/h3-9,11-12,15,19-21,27,32H,10,13-14H2,1-2H3,(H,25,29)(H,26,28)(H,30,31)/t19-,20-,21-/m0/s1. The van der Waals surface area contributed by atoms with Crippen LogP contribution >= 0.6 is 12.6 Å². The summed E-state index contributed by atoms with van der Waals surface area (Å²) in [6.07, 6.45) is 1.23. The summed E-state index contributed by atoms with van der Waals surface area (Å²) in [5.41, 5.74) is 1.74. The fraction of sp³-hybridized carbons (Fsp3) is 0.375. The molecule has 0 aliphatic rings. The summed E-state index contributed by atoms with van der Waals surface area (Å²) in [5, 5.41) is 23.6. The fourth-order valence-electron chi connectivity index (χ4n) is 3.19. The molecule has 0 fully saturated rings. The SMILES string of the molecule is CC(C)[C@H](NC(=O)[C@@H](S)CCc1ccccc1)C(=O)N[C@@H](Cc1ccc(O)cc1)C(=O)O. The Bertz CT molecular complexity index is 902. The predicted octanol–water partition coefficient (Wildman–Crippen LogP) is 2.58. The fourth-order valence-corrected chi connectivity index (χ4v) is 3.40. The molecule has 2 aromatic carbocycles. The van der Waals surface area contributed by atoms with E-state index in [2.05, 4.69) is 23.3 Å². The van der Waals surface area contributed by atoms with Crippen LogP contribution in [0.5, 0.6) is 5.75 Å². The minimum absolute atomic E-state index is 0.0480. The number of aromatic hydroxyl groups is 1. The number of carboxylic acid groups (broad SMARTS) is 1. The molecule has 172 valence electrons. The Kier molecular flexibility index (Phi) is 9.59. The Morgan fingerprint density at radius 3 is 2.09 bits per heavy atom. The van der Waals surface area contributed by atoms with E-state index in [9.17, 15) is 24.6 Å². The summed E-state index contributed by atoms with van der Waals surface area (Å²) < 4.78 is 0. The minimum atomic E-state index is -1.19. The van der Waals surface area contributed by atoms with Crippen LogP contribution in [0.4, 0.5) is 0 Å². The van der Waals surface area contributed by atoms with Crippen LogP contribution in [0.25, 0.3) is 0 Å². The molecule has 0 saturated carbocycles. The molecule has 0 spiro atoms. The highest BCUT2D eigenvalue weighted by molar-refractivity contribution is 7.81. The Labute approximate surface area is 193 Å². The quantitative estimate of drug-likeness (QED) is 0.332. The number of benzene rings is 2. The second-order valence-corrected chi connectivity index (χ2v) is 8.66. The first-order valence-corrected chi connectivity index (χ1v) is 11.0. The Morgan fingerprint density at radius 1 is 0.906 bits per heavy atom. The van der Waals surface area contributed by atoms with Gasteiger partial charge in [0.25, 0.3) is 0 Å². The van der Waals surface area contributed by atoms with Crippen LogP contribution < -0.4 is 10.6 Å². The third-order valence-corrected chi connectivity index (χ3v) is 5.58. The van der Waals surface area contributed by atoms with E-state index in [1.54, 1.807) is 26.0 Å². The maximum absolute atomic E-state index is 12.8. The third kappa shape index (κ3) is 7.92. The molecular formula is C24H30N2O5S. The highest BCUT2D eigenvalue weighted by atomic mass is 32.1. The second kappa shape index (κ2) is 12.1. The number of carbonyl (C=O) groups is 3. The highest BCUT2D eigenvalue weighted by Gasteiger charge is 2.30. The van der Waals surface area contributed by atoms with Crippen LogP contribution in [0.3, 0.4) is 0 Å². The van der Waals surface area contributed by atoms with Crippen molar-refractivity contribution in [1.82, 2.24) is 10.6 Å². The lowest BCUT2D eigenvalue weighted by Crippen LogP contribution is -2.55. The van der Waals surface area contributed by atoms with Crippen LogP contribution in [0.2, 0.25) is 0 Å². The van der Waals surface area contributed by atoms with E-state index >= 15 is 0 Å². The molecule has 0 radical (unpaired) electrons. The Hall–Kier alpha value is -3.00. The molecule has 0 aliphatic heterocycles. The zero-order valence-electron chi connectivity index (χ0n) is 18.2. The Balaban J connectivity index is 1.97. The van der Waals surface area contributed by atoms with Gasteiger partial charge < -0.3 is 20.8 Å². The summed E-state index contributed by atoms with van der Waals surface area (Å²) in [4.78, 5) is 37.1. The third-order valence-electron chi connectivity index (χ3n) is 5.09. The van der Waals surface area contributed by atoms with Crippen LogP contribution in [-0.4, -0.2) is 45.3 Å². The summed E-state index contributed by atoms with van der Waals surface area (Å²) in [6.45, 7) is 3.55. The molecule has 2 rings (SSSR count). The molecule has 2 aromatic rings. The molecule has 0 aromatic heterocycles. The summed E-state index contributed by atoms with van der Waals surface area (Å²) in [5.74, 6) is -2.31. The van der Waals surface area contributed by atoms with Crippen LogP contribution in [-0.2, 0) is 27.2 Å². The molecule has 0 unspecified atom stereocenters. The van der Waals surface area contributed by atoms with Crippen molar-refractivity contribution in [3.8, 4) is 5.75 Å². The molecule has 7 nitrogen and oxygen atoms in total. The number of hydrogen-bond donors (Lipinski definition) is 5. The molecule has 2 amide bonds. The molecule has 32 heavy (non-hydrogen) atoms. The van der Waals surface area contributed by atoms with E-state index in [1.807, 2.05) is 30.3 Å². The van der Waals surface area contributed by atoms with E-state index in [0.717, 1.165) is 5.56 Å². The number of carboxylic acids is 1. The summed E-state index contributed by atoms with van der Waals surface area (Å²) in [7, 11) is 0. The zero-order chi connectivity index (χ0) is 23.7. The summed E-state index contributed by atoms with van der Waals surface area (Å²) in [6, 6.07) is 13.8. The molecule has 0 bridgehead atoms. The number of carbonyl (C=O) groups excluding carboxylic acids is 2. The molecular weight excluding hydrogens is 428 g/mol. The maximum Gasteiger partial charge on any atom is 0.326 e. The van der Waals surface area contributed by atoms with Crippen LogP contribution in [0.15, 0.2) is 54.6 Å². The lowest BCUT2D eigenvalue weighted by Gasteiger charge is -2.25. The number of phenols is 1. The van der Waals surface area contributed by atoms with Crippen LogP contribution in [0, 0.1) is 5.92 Å². The molecule has 0 heterocycles. The number of rotatable bonds is 11. The zero-order valence-corrected chi connectivity index (χ0v) is 19.1. The van der Waals surface area contributed by atoms with Gasteiger partial charge in [-0.3, -0.25) is 9.59 Å². The highest BCUT2D eigenvalue weighted by Crippen LogP contribution is 2.13. The number of phenolic OH excluding ortho intramolecular Hbond substituents is 1. The number of nitrogens with one attached hydrogen (secondary N) is 2. The van der Waals surface area contributed by atoms with Crippen molar-refractivity contribution in [3.63, 3.8) is 0 Å². The summed E-state index contributed by atoms with van der Waals surface area (Å²) >= 11 is 4.39. The smallest absolute Gasteiger partial charge is 0.326 e. The first-order valence-electron chi connectivity index (χ1n) is 10.5. The molecule has 0 saturated heterocycles. The van der Waals surface area contributed by atoms with Crippen molar-refractivity contribution in [3.05, 3.63) is 65.7 Å². The van der Waals surface area contributed by atoms with Crippen molar-refractivity contribution in [1.29, 1.82) is 0 Å². The van der Waals surface area contributed by atoms with Gasteiger partial charge in [-0.15, -0.1) is 0 Å². The minimum Gasteiger partial charge on any atom is -0.508 e. The van der Waals surface area contributed by atoms with Crippen molar-refractivity contribution in [2.75, 3.05) is 0 Å². The largest absolute Gasteiger partial charge is 0.508 e. The Morgan fingerprint density at radius 2 is 1.53 bits per heavy atom. The van der Waals surface area contributed by atoms with Crippen molar-refractivity contribution >= 4 is 30.4 Å². The van der Waals surface area contributed by atoms with Gasteiger partial charge in [0, 0.05) is 6.42 Å². The molecule has 0 aliphatic carbocycles. The second-order valence-electron chi connectivity index (χ2n) is 8.04. The van der Waals surface area contributed by atoms with E-state index in [4.69, 9.17) is 0 Å². The van der Waals surface area contributed by atoms with Crippen LogP contribution in [0.1, 0.15) is 31.4 Å². The predicted molar refractivity (Wildman–Crippen MR) is 126 cm³/mol. The van der Waals surface area contributed by atoms with Gasteiger partial charge in [0.05, 0.1) is 5.25 Å². The molecule has 8 heteroatoms. The number of hydrogen-bond acceptors (Lipinski definition) is 5. The first-order chi connectivity index (χ1) is 15.2. The van der Waals surface area contributed by atoms with Gasteiger partial charge in [-0.2, -0.15) is 12.6 Å². The van der Waals surface area contributed by atoms with Gasteiger partial charge in [-0.25, -0.2) is 4.79 Å². The number of thiol groups is 1. The van der Waals surface area contributed by atoms with E-state index in [0.29, 0.717) is 18.4 Å². The number of aryl methyl sites for hydroxylation is 1. The topological polar surface area (TPSA) is 116 Å². The van der Waals surface area contributed by atoms with Gasteiger partial charge in [0.15, 0.2) is 0 Å². The lowest BCUT2D eigenvalue weighted by atomic mass is 10.0. The van der Waals surface area contributed by atoms with Gasteiger partial charge in [-0.05, 0) is 42.0 Å². The normalized spacial score (nSPS) is 13.8. The van der Waals surface area contributed by atoms with E-state index in [-0.39, 0.29) is 24.0 Å². The first kappa shape index (κ1) is 25.3. The van der Waals surface area contributed by atoms with E-state index < -0.39 is 29.2 Å². The van der Waals surface area contributed by atoms with Crippen molar-refractivity contribution in [2.45, 2.75) is 50.4 Å². The van der Waals surface area contributed by atoms with Crippen molar-refractivity contribution in [2.24, 2.45) is 5.92 Å².